The summed E-state index contributed by atoms with van der Waals surface area (Å²) in [7, 11) is 0. The standard InChI is InChI=1S/C28H42N2O5/c1-6-11-20-34-23-12-14-24(15-13-23)35-22-28(31)30(19-18-29(7-2)8-3)26-21-25(32-9-4)16-17-27(26)33-10-5/h12-17,21H,6-11,18-20,22H2,1-5H3. The molecule has 0 heterocycles. The van der Waals surface area contributed by atoms with Gasteiger partial charge in [0.2, 0.25) is 0 Å². The van der Waals surface area contributed by atoms with Crippen LogP contribution in [0.4, 0.5) is 5.69 Å². The van der Waals surface area contributed by atoms with Crippen LogP contribution in [0.25, 0.3) is 0 Å². The highest BCUT2D eigenvalue weighted by Crippen LogP contribution is 2.33. The van der Waals surface area contributed by atoms with Gasteiger partial charge in [0.15, 0.2) is 6.61 Å². The van der Waals surface area contributed by atoms with Crippen LogP contribution in [0.1, 0.15) is 47.5 Å². The second-order valence-electron chi connectivity index (χ2n) is 8.03. The summed E-state index contributed by atoms with van der Waals surface area (Å²) in [5, 5.41) is 0. The smallest absolute Gasteiger partial charge is 0.265 e. The lowest BCUT2D eigenvalue weighted by atomic mass is 10.2. The molecule has 2 aromatic rings. The monoisotopic (exact) mass is 486 g/mol. The number of nitrogens with zero attached hydrogens (tertiary/aromatic N) is 2. The fourth-order valence-corrected chi connectivity index (χ4v) is 3.59. The summed E-state index contributed by atoms with van der Waals surface area (Å²) in [6.07, 6.45) is 2.11. The van der Waals surface area contributed by atoms with E-state index in [9.17, 15) is 4.79 Å². The molecule has 1 amide bonds. The van der Waals surface area contributed by atoms with E-state index in [1.807, 2.05) is 56.3 Å². The Kier molecular flexibility index (Phi) is 12.8. The maximum Gasteiger partial charge on any atom is 0.265 e. The predicted molar refractivity (Wildman–Crippen MR) is 141 cm³/mol. The molecule has 0 aliphatic heterocycles. The number of carbonyl (C=O) groups excluding carboxylic acids is 1. The summed E-state index contributed by atoms with van der Waals surface area (Å²) >= 11 is 0. The average molecular weight is 487 g/mol. The number of benzene rings is 2. The number of hydrogen-bond donors (Lipinski definition) is 0. The third-order valence-electron chi connectivity index (χ3n) is 5.62. The van der Waals surface area contributed by atoms with Crippen molar-refractivity contribution in [1.29, 1.82) is 0 Å². The molecular weight excluding hydrogens is 444 g/mol. The summed E-state index contributed by atoms with van der Waals surface area (Å²) in [6.45, 7) is 15.0. The number of rotatable bonds is 17. The van der Waals surface area contributed by atoms with Gasteiger partial charge < -0.3 is 28.7 Å². The first-order valence-corrected chi connectivity index (χ1v) is 12.8. The molecule has 0 N–H and O–H groups in total. The van der Waals surface area contributed by atoms with Gasteiger partial charge in [-0.3, -0.25) is 4.79 Å². The second-order valence-corrected chi connectivity index (χ2v) is 8.03. The van der Waals surface area contributed by atoms with Crippen LogP contribution < -0.4 is 23.8 Å². The van der Waals surface area contributed by atoms with E-state index in [1.54, 1.807) is 4.90 Å². The largest absolute Gasteiger partial charge is 0.494 e. The van der Waals surface area contributed by atoms with E-state index in [4.69, 9.17) is 18.9 Å². The second kappa shape index (κ2) is 15.9. The van der Waals surface area contributed by atoms with Crippen LogP contribution in [-0.2, 0) is 4.79 Å². The number of ether oxygens (including phenoxy) is 4. The highest BCUT2D eigenvalue weighted by atomic mass is 16.5. The fourth-order valence-electron chi connectivity index (χ4n) is 3.59. The molecule has 0 aliphatic carbocycles. The molecule has 194 valence electrons. The van der Waals surface area contributed by atoms with Gasteiger partial charge in [-0.15, -0.1) is 0 Å². The fraction of sp³-hybridized carbons (Fsp3) is 0.536. The van der Waals surface area contributed by atoms with Crippen molar-refractivity contribution < 1.29 is 23.7 Å². The molecule has 0 fully saturated rings. The summed E-state index contributed by atoms with van der Waals surface area (Å²) in [5.74, 6) is 2.63. The Hall–Kier alpha value is -2.93. The summed E-state index contributed by atoms with van der Waals surface area (Å²) in [4.78, 5) is 17.5. The molecule has 0 saturated heterocycles. The van der Waals surface area contributed by atoms with Gasteiger partial charge in [-0.25, -0.2) is 0 Å². The van der Waals surface area contributed by atoms with Crippen molar-refractivity contribution in [2.24, 2.45) is 0 Å². The Morgan fingerprint density at radius 3 is 1.97 bits per heavy atom. The lowest BCUT2D eigenvalue weighted by Crippen LogP contribution is -2.41. The van der Waals surface area contributed by atoms with Gasteiger partial charge in [-0.2, -0.15) is 0 Å². The minimum Gasteiger partial charge on any atom is -0.494 e. The Balaban J connectivity index is 2.19. The van der Waals surface area contributed by atoms with Crippen LogP contribution in [0, 0.1) is 0 Å². The first-order chi connectivity index (χ1) is 17.1. The van der Waals surface area contributed by atoms with E-state index in [1.165, 1.54) is 0 Å². The molecule has 7 heteroatoms. The molecule has 0 atom stereocenters. The number of carbonyl (C=O) groups is 1. The number of likely N-dealkylation sites (N-methyl/N-ethyl adjacent to an activating group) is 1. The van der Waals surface area contributed by atoms with Crippen LogP contribution in [0.15, 0.2) is 42.5 Å². The molecule has 0 saturated carbocycles. The first kappa shape index (κ1) is 28.3. The SMILES string of the molecule is CCCCOc1ccc(OCC(=O)N(CCN(CC)CC)c2cc(OCC)ccc2OCC)cc1. The van der Waals surface area contributed by atoms with E-state index in [0.29, 0.717) is 49.3 Å². The molecule has 0 aliphatic rings. The summed E-state index contributed by atoms with van der Waals surface area (Å²) in [5.41, 5.74) is 0.693. The van der Waals surface area contributed by atoms with Crippen LogP contribution in [0.3, 0.4) is 0 Å². The molecule has 0 spiro atoms. The third kappa shape index (κ3) is 9.32. The van der Waals surface area contributed by atoms with Gasteiger partial charge in [-0.1, -0.05) is 27.2 Å². The first-order valence-electron chi connectivity index (χ1n) is 12.8. The maximum atomic E-state index is 13.4. The van der Waals surface area contributed by atoms with E-state index in [2.05, 4.69) is 25.7 Å². The molecule has 2 rings (SSSR count). The molecule has 0 bridgehead atoms. The molecule has 0 aromatic heterocycles. The maximum absolute atomic E-state index is 13.4. The average Bonchev–Trinajstić information content (AvgIpc) is 2.87. The predicted octanol–water partition coefficient (Wildman–Crippen LogP) is 5.42. The van der Waals surface area contributed by atoms with Crippen molar-refractivity contribution in [3.8, 4) is 23.0 Å². The van der Waals surface area contributed by atoms with Crippen LogP contribution in [0.5, 0.6) is 23.0 Å². The molecule has 0 radical (unpaired) electrons. The van der Waals surface area contributed by atoms with Crippen LogP contribution >= 0.6 is 0 Å². The van der Waals surface area contributed by atoms with Crippen molar-refractivity contribution in [3.05, 3.63) is 42.5 Å². The Labute approximate surface area is 210 Å². The highest BCUT2D eigenvalue weighted by Gasteiger charge is 2.22. The van der Waals surface area contributed by atoms with Crippen molar-refractivity contribution >= 4 is 11.6 Å². The van der Waals surface area contributed by atoms with Crippen LogP contribution in [-0.4, -0.2) is 63.4 Å². The lowest BCUT2D eigenvalue weighted by molar-refractivity contribution is -0.120. The van der Waals surface area contributed by atoms with E-state index < -0.39 is 0 Å². The van der Waals surface area contributed by atoms with E-state index >= 15 is 0 Å². The van der Waals surface area contributed by atoms with E-state index in [-0.39, 0.29) is 12.5 Å². The number of unbranched alkanes of at least 4 members (excludes halogenated alkanes) is 1. The quantitative estimate of drug-likeness (QED) is 0.278. The highest BCUT2D eigenvalue weighted by molar-refractivity contribution is 5.96. The summed E-state index contributed by atoms with van der Waals surface area (Å²) < 4.78 is 23.1. The molecule has 2 aromatic carbocycles. The van der Waals surface area contributed by atoms with Crippen molar-refractivity contribution in [3.63, 3.8) is 0 Å². The zero-order valence-corrected chi connectivity index (χ0v) is 22.0. The zero-order valence-electron chi connectivity index (χ0n) is 22.0. The van der Waals surface area contributed by atoms with Gasteiger partial charge in [0.05, 0.1) is 25.5 Å². The molecule has 35 heavy (non-hydrogen) atoms. The Morgan fingerprint density at radius 1 is 0.743 bits per heavy atom. The van der Waals surface area contributed by atoms with Crippen molar-refractivity contribution in [2.45, 2.75) is 47.5 Å². The van der Waals surface area contributed by atoms with Crippen molar-refractivity contribution in [1.82, 2.24) is 4.90 Å². The minimum absolute atomic E-state index is 0.0846. The van der Waals surface area contributed by atoms with E-state index in [0.717, 1.165) is 38.2 Å². The Morgan fingerprint density at radius 2 is 1.37 bits per heavy atom. The van der Waals surface area contributed by atoms with Gasteiger partial charge in [0, 0.05) is 19.2 Å². The number of hydrogen-bond acceptors (Lipinski definition) is 6. The molecule has 0 unspecified atom stereocenters. The number of anilines is 1. The zero-order chi connectivity index (χ0) is 25.5. The Bertz CT molecular complexity index is 868. The van der Waals surface area contributed by atoms with Crippen LogP contribution in [0.2, 0.25) is 0 Å². The number of amides is 1. The third-order valence-corrected chi connectivity index (χ3v) is 5.62. The minimum atomic E-state index is -0.143. The normalized spacial score (nSPS) is 10.8. The topological polar surface area (TPSA) is 60.5 Å². The summed E-state index contributed by atoms with van der Waals surface area (Å²) in [6, 6.07) is 13.0. The molecule has 7 nitrogen and oxygen atoms in total. The van der Waals surface area contributed by atoms with Gasteiger partial charge in [0.25, 0.3) is 5.91 Å². The van der Waals surface area contributed by atoms with Gasteiger partial charge in [0.1, 0.15) is 23.0 Å². The lowest BCUT2D eigenvalue weighted by Gasteiger charge is -2.28. The van der Waals surface area contributed by atoms with Crippen molar-refractivity contribution in [2.75, 3.05) is 57.5 Å². The van der Waals surface area contributed by atoms with Gasteiger partial charge >= 0.3 is 0 Å². The molecular formula is C28H42N2O5. The van der Waals surface area contributed by atoms with Gasteiger partial charge in [-0.05, 0) is 69.8 Å².